The van der Waals surface area contributed by atoms with Crippen LogP contribution in [-0.2, 0) is 11.8 Å². The highest BCUT2D eigenvalue weighted by Gasteiger charge is 2.72. The standard InChI is InChI=1S/C21H27NO4.ClH/c23-14-5-4-13-10-16-21(25)7-6-15(24)19-20(21,17(13)18(14)26-19)8-9-22(16)11-12-2-1-3-12;/h4-5,12,15-16,19,23-25H,1-3,6-11H2;1H/p-1/t15?,16?,19?,20-,21+;/m0./s1. The number of piperidine rings is 1. The molecule has 1 aromatic carbocycles. The van der Waals surface area contributed by atoms with E-state index in [1.165, 1.54) is 24.8 Å². The summed E-state index contributed by atoms with van der Waals surface area (Å²) in [5.74, 6) is 1.42. The van der Waals surface area contributed by atoms with Crippen molar-refractivity contribution >= 4 is 0 Å². The lowest BCUT2D eigenvalue weighted by atomic mass is 9.48. The number of phenols is 1. The van der Waals surface area contributed by atoms with Crippen LogP contribution in [0.5, 0.6) is 11.5 Å². The first-order valence-electron chi connectivity index (χ1n) is 10.2. The van der Waals surface area contributed by atoms with Crippen molar-refractivity contribution in [3.05, 3.63) is 23.3 Å². The molecule has 0 amide bonds. The molecule has 1 saturated heterocycles. The summed E-state index contributed by atoms with van der Waals surface area (Å²) in [6.45, 7) is 2.02. The number of aliphatic hydroxyl groups is 2. The van der Waals surface area contributed by atoms with E-state index < -0.39 is 23.2 Å². The van der Waals surface area contributed by atoms with E-state index >= 15 is 0 Å². The zero-order chi connectivity index (χ0) is 17.7. The molecule has 3 aliphatic carbocycles. The van der Waals surface area contributed by atoms with Crippen molar-refractivity contribution in [2.75, 3.05) is 13.1 Å². The second-order valence-electron chi connectivity index (χ2n) is 9.25. The number of halogens is 1. The average Bonchev–Trinajstić information content (AvgIpc) is 2.93. The van der Waals surface area contributed by atoms with Gasteiger partial charge in [-0.15, -0.1) is 0 Å². The summed E-state index contributed by atoms with van der Waals surface area (Å²) >= 11 is 0. The van der Waals surface area contributed by atoms with Gasteiger partial charge in [0.25, 0.3) is 0 Å². The van der Waals surface area contributed by atoms with Crippen molar-refractivity contribution in [3.63, 3.8) is 0 Å². The molecule has 5 nitrogen and oxygen atoms in total. The fourth-order valence-electron chi connectivity index (χ4n) is 6.83. The first kappa shape index (κ1) is 18.0. The highest BCUT2D eigenvalue weighted by molar-refractivity contribution is 5.62. The van der Waals surface area contributed by atoms with E-state index in [4.69, 9.17) is 4.74 Å². The summed E-state index contributed by atoms with van der Waals surface area (Å²) in [6.07, 6.45) is 5.68. The Kier molecular flexibility index (Phi) is 3.85. The SMILES string of the molecule is Oc1ccc2c3c1OC1C(O)CC[C@@]4(O)C(C2)N(CC2CCC2)CC[C@]314.[Cl-]. The maximum absolute atomic E-state index is 12.1. The number of likely N-dealkylation sites (tertiary alicyclic amines) is 1. The molecule has 0 radical (unpaired) electrons. The fraction of sp³-hybridized carbons (Fsp3) is 0.714. The first-order chi connectivity index (χ1) is 12.5. The quantitative estimate of drug-likeness (QED) is 0.584. The van der Waals surface area contributed by atoms with Crippen molar-refractivity contribution in [3.8, 4) is 11.5 Å². The van der Waals surface area contributed by atoms with Crippen LogP contribution in [0.25, 0.3) is 0 Å². The predicted octanol–water partition coefficient (Wildman–Crippen LogP) is -1.29. The number of ether oxygens (including phenoxy) is 1. The highest BCUT2D eigenvalue weighted by atomic mass is 35.5. The summed E-state index contributed by atoms with van der Waals surface area (Å²) in [4.78, 5) is 2.53. The molecule has 1 spiro atoms. The van der Waals surface area contributed by atoms with Crippen molar-refractivity contribution < 1.29 is 32.5 Å². The van der Waals surface area contributed by atoms with Crippen LogP contribution in [0.15, 0.2) is 12.1 Å². The van der Waals surface area contributed by atoms with Crippen LogP contribution in [0.4, 0.5) is 0 Å². The molecule has 0 aromatic heterocycles. The Morgan fingerprint density at radius 2 is 2.00 bits per heavy atom. The third kappa shape index (κ3) is 2.01. The molecule has 6 heteroatoms. The van der Waals surface area contributed by atoms with Gasteiger partial charge in [0.15, 0.2) is 11.5 Å². The van der Waals surface area contributed by atoms with Gasteiger partial charge in [-0.2, -0.15) is 0 Å². The molecule has 2 heterocycles. The summed E-state index contributed by atoms with van der Waals surface area (Å²) in [7, 11) is 0. The minimum atomic E-state index is -0.884. The van der Waals surface area contributed by atoms with Gasteiger partial charge in [-0.05, 0) is 62.6 Å². The molecule has 1 aromatic rings. The van der Waals surface area contributed by atoms with Gasteiger partial charge >= 0.3 is 0 Å². The zero-order valence-corrected chi connectivity index (χ0v) is 16.2. The van der Waals surface area contributed by atoms with Crippen LogP contribution in [-0.4, -0.2) is 57.2 Å². The number of hydrogen-bond acceptors (Lipinski definition) is 5. The molecule has 5 atom stereocenters. The molecule has 27 heavy (non-hydrogen) atoms. The Bertz CT molecular complexity index is 784. The van der Waals surface area contributed by atoms with Crippen molar-refractivity contribution in [1.82, 2.24) is 4.90 Å². The molecule has 3 fully saturated rings. The minimum Gasteiger partial charge on any atom is -1.00 e. The van der Waals surface area contributed by atoms with E-state index in [1.807, 2.05) is 6.07 Å². The van der Waals surface area contributed by atoms with Crippen molar-refractivity contribution in [2.45, 2.75) is 74.2 Å². The highest BCUT2D eigenvalue weighted by Crippen LogP contribution is 2.65. The molecule has 6 rings (SSSR count). The van der Waals surface area contributed by atoms with Gasteiger partial charge in [-0.3, -0.25) is 4.90 Å². The van der Waals surface area contributed by atoms with E-state index in [9.17, 15) is 15.3 Å². The number of aromatic hydroxyl groups is 1. The Hall–Kier alpha value is -1.01. The van der Waals surface area contributed by atoms with E-state index in [2.05, 4.69) is 4.90 Å². The summed E-state index contributed by atoms with van der Waals surface area (Å²) in [6, 6.07) is 3.80. The number of aliphatic hydroxyl groups excluding tert-OH is 1. The molecule has 148 valence electrons. The molecular weight excluding hydrogens is 366 g/mol. The Morgan fingerprint density at radius 1 is 1.19 bits per heavy atom. The van der Waals surface area contributed by atoms with Gasteiger partial charge in [0, 0.05) is 18.2 Å². The maximum Gasteiger partial charge on any atom is 0.165 e. The lowest BCUT2D eigenvalue weighted by Crippen LogP contribution is -3.00. The molecule has 3 unspecified atom stereocenters. The Balaban J connectivity index is 0.00000160. The third-order valence-corrected chi connectivity index (χ3v) is 8.26. The molecule has 3 N–H and O–H groups in total. The molecule has 5 aliphatic rings. The van der Waals surface area contributed by atoms with Gasteiger partial charge in [-0.25, -0.2) is 0 Å². The van der Waals surface area contributed by atoms with Crippen molar-refractivity contribution in [1.29, 1.82) is 0 Å². The molecule has 2 saturated carbocycles. The number of benzene rings is 1. The lowest BCUT2D eigenvalue weighted by Gasteiger charge is -2.64. The van der Waals surface area contributed by atoms with Crippen LogP contribution in [0.1, 0.15) is 49.7 Å². The lowest BCUT2D eigenvalue weighted by molar-refractivity contribution is -0.209. The summed E-state index contributed by atoms with van der Waals surface area (Å²) < 4.78 is 6.16. The summed E-state index contributed by atoms with van der Waals surface area (Å²) in [5, 5.41) is 33.2. The fourth-order valence-corrected chi connectivity index (χ4v) is 6.83. The second-order valence-corrected chi connectivity index (χ2v) is 9.25. The zero-order valence-electron chi connectivity index (χ0n) is 15.4. The van der Waals surface area contributed by atoms with E-state index in [1.54, 1.807) is 6.07 Å². The normalized spacial score (nSPS) is 41.9. The van der Waals surface area contributed by atoms with Gasteiger partial charge in [-0.1, -0.05) is 12.5 Å². The molecule has 2 bridgehead atoms. The summed E-state index contributed by atoms with van der Waals surface area (Å²) in [5.41, 5.74) is 0.712. The smallest absolute Gasteiger partial charge is 0.165 e. The monoisotopic (exact) mass is 392 g/mol. The van der Waals surface area contributed by atoms with Crippen LogP contribution >= 0.6 is 0 Å². The first-order valence-corrected chi connectivity index (χ1v) is 10.2. The van der Waals surface area contributed by atoms with Crippen LogP contribution in [0, 0.1) is 5.92 Å². The van der Waals surface area contributed by atoms with Gasteiger partial charge in [0.1, 0.15) is 6.10 Å². The van der Waals surface area contributed by atoms with Crippen LogP contribution in [0.2, 0.25) is 0 Å². The van der Waals surface area contributed by atoms with Crippen molar-refractivity contribution in [2.24, 2.45) is 5.92 Å². The Labute approximate surface area is 165 Å². The van der Waals surface area contributed by atoms with Crippen LogP contribution in [0.3, 0.4) is 0 Å². The Morgan fingerprint density at radius 3 is 2.74 bits per heavy atom. The third-order valence-electron chi connectivity index (χ3n) is 8.26. The molecule has 2 aliphatic heterocycles. The maximum atomic E-state index is 12.1. The largest absolute Gasteiger partial charge is 1.00 e. The number of hydrogen-bond donors (Lipinski definition) is 3. The van der Waals surface area contributed by atoms with Crippen LogP contribution < -0.4 is 17.1 Å². The van der Waals surface area contributed by atoms with Gasteiger partial charge in [0.2, 0.25) is 0 Å². The predicted molar refractivity (Wildman–Crippen MR) is 95.4 cm³/mol. The van der Waals surface area contributed by atoms with E-state index in [-0.39, 0.29) is 24.2 Å². The molecular formula is C21H27ClNO4-. The number of nitrogens with zero attached hydrogens (tertiary/aromatic N) is 1. The average molecular weight is 393 g/mol. The number of rotatable bonds is 2. The number of phenolic OH excluding ortho intramolecular Hbond substituents is 1. The van der Waals surface area contributed by atoms with Gasteiger partial charge in [0.05, 0.1) is 17.1 Å². The topological polar surface area (TPSA) is 73.2 Å². The second kappa shape index (κ2) is 5.76. The van der Waals surface area contributed by atoms with Gasteiger partial charge < -0.3 is 32.5 Å². The van der Waals surface area contributed by atoms with E-state index in [0.29, 0.717) is 18.6 Å². The van der Waals surface area contributed by atoms with E-state index in [0.717, 1.165) is 37.4 Å². The minimum absolute atomic E-state index is 0.